The summed E-state index contributed by atoms with van der Waals surface area (Å²) in [4.78, 5) is 4.02. The molecular weight excluding hydrogens is 258 g/mol. The highest BCUT2D eigenvalue weighted by molar-refractivity contribution is 7.84. The molecule has 0 aliphatic heterocycles. The lowest BCUT2D eigenvalue weighted by Gasteiger charge is -2.24. The minimum absolute atomic E-state index is 0.0132. The van der Waals surface area contributed by atoms with Crippen LogP contribution in [0.3, 0.4) is 0 Å². The van der Waals surface area contributed by atoms with Crippen LogP contribution in [0.1, 0.15) is 50.8 Å². The summed E-state index contributed by atoms with van der Waals surface area (Å²) < 4.78 is 35.6. The Bertz CT molecular complexity index is 421. The van der Waals surface area contributed by atoms with Crippen molar-refractivity contribution in [1.82, 2.24) is 4.98 Å². The van der Waals surface area contributed by atoms with Gasteiger partial charge in [0.2, 0.25) is 0 Å². The fourth-order valence-corrected chi connectivity index (χ4v) is 2.18. The lowest BCUT2D eigenvalue weighted by molar-refractivity contribution is 0.151. The van der Waals surface area contributed by atoms with Crippen molar-refractivity contribution in [2.75, 3.05) is 0 Å². The quantitative estimate of drug-likeness (QED) is 0.899. The van der Waals surface area contributed by atoms with Gasteiger partial charge >= 0.3 is 0 Å². The lowest BCUT2D eigenvalue weighted by Crippen LogP contribution is -2.33. The van der Waals surface area contributed by atoms with Crippen LogP contribution in [-0.4, -0.2) is 13.9 Å². The number of alkyl halides is 2. The van der Waals surface area contributed by atoms with Gasteiger partial charge in [0, 0.05) is 17.5 Å². The number of aromatic nitrogens is 1. The maximum atomic E-state index is 12.4. The van der Waals surface area contributed by atoms with Crippen LogP contribution < -0.4 is 5.14 Å². The van der Waals surface area contributed by atoms with Gasteiger partial charge in [-0.3, -0.25) is 10.1 Å². The zero-order chi connectivity index (χ0) is 13.9. The van der Waals surface area contributed by atoms with E-state index in [0.717, 1.165) is 0 Å². The van der Waals surface area contributed by atoms with Crippen LogP contribution in [0.15, 0.2) is 18.3 Å². The smallest absolute Gasteiger partial charge is 0.261 e. The van der Waals surface area contributed by atoms with E-state index in [1.165, 1.54) is 12.3 Å². The second-order valence-corrected chi connectivity index (χ2v) is 6.68. The predicted octanol–water partition coefficient (Wildman–Crippen LogP) is 2.91. The van der Waals surface area contributed by atoms with E-state index in [-0.39, 0.29) is 11.5 Å². The summed E-state index contributed by atoms with van der Waals surface area (Å²) in [6.07, 6.45) is -0.741. The van der Waals surface area contributed by atoms with Crippen molar-refractivity contribution >= 4 is 11.0 Å². The summed E-state index contributed by atoms with van der Waals surface area (Å²) in [5.41, 5.74) is 0.616. The molecule has 2 atom stereocenters. The summed E-state index contributed by atoms with van der Waals surface area (Å²) in [7, 11) is -1.43. The van der Waals surface area contributed by atoms with Crippen molar-refractivity contribution in [1.29, 1.82) is 0 Å². The van der Waals surface area contributed by atoms with Gasteiger partial charge in [0.1, 0.15) is 0 Å². The van der Waals surface area contributed by atoms with Gasteiger partial charge in [0.25, 0.3) is 6.43 Å². The van der Waals surface area contributed by atoms with Gasteiger partial charge in [-0.05, 0) is 38.3 Å². The van der Waals surface area contributed by atoms with Crippen LogP contribution in [0.4, 0.5) is 8.78 Å². The molecule has 0 saturated carbocycles. The highest BCUT2D eigenvalue weighted by Crippen LogP contribution is 2.28. The first-order chi connectivity index (χ1) is 8.24. The minimum Gasteiger partial charge on any atom is -0.261 e. The minimum atomic E-state index is -2.50. The molecule has 2 N–H and O–H groups in total. The molecule has 0 spiro atoms. The van der Waals surface area contributed by atoms with Crippen molar-refractivity contribution in [2.45, 2.75) is 44.3 Å². The van der Waals surface area contributed by atoms with Gasteiger partial charge < -0.3 is 0 Å². The molecular formula is C12H18F2N2OS. The standard InChI is InChI=1S/C12H18F2N2OS/c1-8(6-12(2,3)18(15)17)10-5-4-9(7-16-10)11(13)14/h4-5,7-8,11H,6,15H2,1-3H3/t8-,18?/m0/s1. The molecule has 18 heavy (non-hydrogen) atoms. The second kappa shape index (κ2) is 5.84. The lowest BCUT2D eigenvalue weighted by atomic mass is 9.94. The number of hydrogen-bond donors (Lipinski definition) is 1. The van der Waals surface area contributed by atoms with Crippen LogP contribution in [0, 0.1) is 0 Å². The first-order valence-electron chi connectivity index (χ1n) is 5.64. The van der Waals surface area contributed by atoms with Gasteiger partial charge in [0.05, 0.1) is 15.7 Å². The zero-order valence-electron chi connectivity index (χ0n) is 10.7. The summed E-state index contributed by atoms with van der Waals surface area (Å²) in [6, 6.07) is 2.96. The fraction of sp³-hybridized carbons (Fsp3) is 0.583. The van der Waals surface area contributed by atoms with E-state index in [9.17, 15) is 13.0 Å². The Kier molecular flexibility index (Phi) is 4.92. The second-order valence-electron chi connectivity index (χ2n) is 4.98. The van der Waals surface area contributed by atoms with Crippen LogP contribution in [0.25, 0.3) is 0 Å². The van der Waals surface area contributed by atoms with Crippen molar-refractivity contribution in [2.24, 2.45) is 5.14 Å². The summed E-state index contributed by atoms with van der Waals surface area (Å²) in [5, 5.41) is 5.41. The first-order valence-corrected chi connectivity index (χ1v) is 6.85. The topological polar surface area (TPSA) is 56.0 Å². The SMILES string of the molecule is C[C@@H](CC(C)(C)S(N)=O)c1ccc(C(F)F)cn1. The number of rotatable bonds is 5. The number of nitrogens with two attached hydrogens (primary N) is 1. The molecule has 3 nitrogen and oxygen atoms in total. The summed E-state index contributed by atoms with van der Waals surface area (Å²) >= 11 is 0. The van der Waals surface area contributed by atoms with Crippen LogP contribution in [0.5, 0.6) is 0 Å². The van der Waals surface area contributed by atoms with Gasteiger partial charge in [-0.25, -0.2) is 13.0 Å². The normalized spacial score (nSPS) is 15.7. The Morgan fingerprint density at radius 1 is 1.44 bits per heavy atom. The van der Waals surface area contributed by atoms with Gasteiger partial charge in [-0.2, -0.15) is 0 Å². The third-order valence-electron chi connectivity index (χ3n) is 2.91. The van der Waals surface area contributed by atoms with Gasteiger partial charge in [-0.1, -0.05) is 6.92 Å². The molecule has 0 bridgehead atoms. The molecule has 6 heteroatoms. The number of halogens is 2. The number of nitrogens with zero attached hydrogens (tertiary/aromatic N) is 1. The molecule has 102 valence electrons. The molecule has 0 amide bonds. The average Bonchev–Trinajstić information content (AvgIpc) is 2.28. The number of hydrogen-bond acceptors (Lipinski definition) is 2. The number of pyridine rings is 1. The van der Waals surface area contributed by atoms with Crippen molar-refractivity contribution < 1.29 is 13.0 Å². The Balaban J connectivity index is 2.79. The monoisotopic (exact) mass is 276 g/mol. The maximum Gasteiger partial charge on any atom is 0.265 e. The third-order valence-corrected chi connectivity index (χ3v) is 4.16. The molecule has 0 aromatic carbocycles. The van der Waals surface area contributed by atoms with Crippen molar-refractivity contribution in [3.8, 4) is 0 Å². The Morgan fingerprint density at radius 2 is 2.06 bits per heavy atom. The molecule has 0 fully saturated rings. The molecule has 1 aromatic heterocycles. The molecule has 1 rings (SSSR count). The first kappa shape index (κ1) is 15.2. The predicted molar refractivity (Wildman–Crippen MR) is 68.6 cm³/mol. The molecule has 1 aromatic rings. The van der Waals surface area contributed by atoms with E-state index in [1.807, 2.05) is 20.8 Å². The van der Waals surface area contributed by atoms with E-state index < -0.39 is 22.2 Å². The van der Waals surface area contributed by atoms with Crippen molar-refractivity contribution in [3.05, 3.63) is 29.6 Å². The fourth-order valence-electron chi connectivity index (χ4n) is 1.76. The summed E-state index contributed by atoms with van der Waals surface area (Å²) in [5.74, 6) is 0.0132. The van der Waals surface area contributed by atoms with E-state index in [0.29, 0.717) is 12.1 Å². The molecule has 0 saturated heterocycles. The van der Waals surface area contributed by atoms with E-state index in [2.05, 4.69) is 4.98 Å². The Labute approximate surface area is 108 Å². The molecule has 1 heterocycles. The zero-order valence-corrected chi connectivity index (χ0v) is 11.5. The van der Waals surface area contributed by atoms with E-state index in [4.69, 9.17) is 5.14 Å². The Morgan fingerprint density at radius 3 is 2.44 bits per heavy atom. The van der Waals surface area contributed by atoms with E-state index >= 15 is 0 Å². The highest BCUT2D eigenvalue weighted by atomic mass is 32.2. The highest BCUT2D eigenvalue weighted by Gasteiger charge is 2.27. The van der Waals surface area contributed by atoms with Crippen LogP contribution in [-0.2, 0) is 11.0 Å². The van der Waals surface area contributed by atoms with Crippen LogP contribution in [0.2, 0.25) is 0 Å². The third kappa shape index (κ3) is 3.81. The molecule has 0 radical (unpaired) electrons. The molecule has 1 unspecified atom stereocenters. The van der Waals surface area contributed by atoms with Crippen LogP contribution >= 0.6 is 0 Å². The molecule has 0 aliphatic rings. The largest absolute Gasteiger partial charge is 0.265 e. The Hall–Kier alpha value is -0.880. The van der Waals surface area contributed by atoms with E-state index in [1.54, 1.807) is 6.07 Å². The average molecular weight is 276 g/mol. The maximum absolute atomic E-state index is 12.4. The van der Waals surface area contributed by atoms with Gasteiger partial charge in [-0.15, -0.1) is 0 Å². The molecule has 0 aliphatic carbocycles. The summed E-state index contributed by atoms with van der Waals surface area (Å²) in [6.45, 7) is 5.54. The van der Waals surface area contributed by atoms with Crippen molar-refractivity contribution in [3.63, 3.8) is 0 Å². The van der Waals surface area contributed by atoms with Gasteiger partial charge in [0.15, 0.2) is 0 Å².